The number of fused-ring (bicyclic) bond motifs is 1. The standard InChI is InChI=1S/C26H25BN3O.4C2H6/c1-20-24(31-3)18-17-23-26(20)30(25-16-10-11-19-28(25)2)27(21-12-6-4-7-13-21)29(23)22-14-8-5-9-15-22;4*1-2/h4-19H,1-3H3;4*1-2H3/q+1;;;;. The van der Waals surface area contributed by atoms with Crippen LogP contribution in [0.2, 0.25) is 0 Å². The Kier molecular flexibility index (Phi) is 15.1. The van der Waals surface area contributed by atoms with Gasteiger partial charge in [-0.2, -0.15) is 0 Å². The third-order valence-corrected chi connectivity index (χ3v) is 5.98. The van der Waals surface area contributed by atoms with Crippen molar-refractivity contribution in [3.05, 3.63) is 103 Å². The molecule has 0 saturated carbocycles. The lowest BCUT2D eigenvalue weighted by atomic mass is 9.64. The van der Waals surface area contributed by atoms with Crippen LogP contribution in [0.5, 0.6) is 5.75 Å². The van der Waals surface area contributed by atoms with Gasteiger partial charge in [-0.3, -0.25) is 4.81 Å². The highest BCUT2D eigenvalue weighted by molar-refractivity contribution is 6.84. The lowest BCUT2D eigenvalue weighted by Gasteiger charge is -2.25. The van der Waals surface area contributed by atoms with Gasteiger partial charge in [-0.1, -0.05) is 110 Å². The van der Waals surface area contributed by atoms with Gasteiger partial charge in [-0.05, 0) is 42.7 Å². The molecule has 0 unspecified atom stereocenters. The Morgan fingerprint density at radius 1 is 0.641 bits per heavy atom. The van der Waals surface area contributed by atoms with Gasteiger partial charge in [0.2, 0.25) is 0 Å². The molecule has 39 heavy (non-hydrogen) atoms. The topological polar surface area (TPSA) is 19.6 Å². The number of para-hydroxylation sites is 1. The maximum atomic E-state index is 5.71. The highest BCUT2D eigenvalue weighted by Gasteiger charge is 2.52. The van der Waals surface area contributed by atoms with Crippen LogP contribution in [0.4, 0.5) is 22.9 Å². The highest BCUT2D eigenvalue weighted by atomic mass is 16.5. The van der Waals surface area contributed by atoms with E-state index in [4.69, 9.17) is 4.74 Å². The monoisotopic (exact) mass is 526 g/mol. The molecular formula is C34H49BN3O+. The van der Waals surface area contributed by atoms with Crippen LogP contribution >= 0.6 is 0 Å². The van der Waals surface area contributed by atoms with E-state index in [1.165, 1.54) is 16.8 Å². The van der Waals surface area contributed by atoms with Gasteiger partial charge in [-0.25, -0.2) is 4.57 Å². The van der Waals surface area contributed by atoms with Gasteiger partial charge in [0.1, 0.15) is 11.4 Å². The van der Waals surface area contributed by atoms with E-state index in [1.807, 2.05) is 55.4 Å². The Labute approximate surface area is 239 Å². The largest absolute Gasteiger partial charge is 0.542 e. The van der Waals surface area contributed by atoms with Crippen LogP contribution in [0.15, 0.2) is 97.2 Å². The first-order chi connectivity index (χ1) is 19.2. The Balaban J connectivity index is 0.000000874. The number of aromatic nitrogens is 1. The summed E-state index contributed by atoms with van der Waals surface area (Å²) in [4.78, 5) is 4.85. The Morgan fingerprint density at radius 2 is 1.18 bits per heavy atom. The van der Waals surface area contributed by atoms with Crippen molar-refractivity contribution < 1.29 is 9.30 Å². The van der Waals surface area contributed by atoms with Crippen LogP contribution in [0.25, 0.3) is 0 Å². The van der Waals surface area contributed by atoms with E-state index < -0.39 is 0 Å². The third kappa shape index (κ3) is 7.23. The summed E-state index contributed by atoms with van der Waals surface area (Å²) in [6.07, 6.45) is 2.09. The smallest absolute Gasteiger partial charge is 0.496 e. The molecule has 5 rings (SSSR count). The molecule has 1 aliphatic rings. The second-order valence-electron chi connectivity index (χ2n) is 7.79. The predicted molar refractivity (Wildman–Crippen MR) is 173 cm³/mol. The second-order valence-corrected chi connectivity index (χ2v) is 7.79. The number of anilines is 4. The Bertz CT molecular complexity index is 1220. The van der Waals surface area contributed by atoms with Crippen molar-refractivity contribution in [2.24, 2.45) is 7.05 Å². The average molecular weight is 527 g/mol. The molecule has 0 aliphatic carbocycles. The molecule has 208 valence electrons. The molecule has 0 spiro atoms. The van der Waals surface area contributed by atoms with Crippen LogP contribution in [-0.2, 0) is 7.05 Å². The first kappa shape index (κ1) is 33.3. The van der Waals surface area contributed by atoms with Gasteiger partial charge >= 0.3 is 6.98 Å². The molecule has 0 N–H and O–H groups in total. The van der Waals surface area contributed by atoms with E-state index in [0.717, 1.165) is 22.8 Å². The van der Waals surface area contributed by atoms with Crippen molar-refractivity contribution in [3.63, 3.8) is 0 Å². The number of ether oxygens (including phenoxy) is 1. The van der Waals surface area contributed by atoms with E-state index in [0.29, 0.717) is 0 Å². The fourth-order valence-corrected chi connectivity index (χ4v) is 4.55. The summed E-state index contributed by atoms with van der Waals surface area (Å²) in [7, 11) is 3.83. The number of nitrogens with zero attached hydrogens (tertiary/aromatic N) is 3. The van der Waals surface area contributed by atoms with Gasteiger partial charge in [0.15, 0.2) is 0 Å². The van der Waals surface area contributed by atoms with Crippen molar-refractivity contribution in [2.75, 3.05) is 16.7 Å². The molecular weight excluding hydrogens is 477 g/mol. The molecule has 4 aromatic rings. The third-order valence-electron chi connectivity index (χ3n) is 5.98. The fourth-order valence-electron chi connectivity index (χ4n) is 4.55. The highest BCUT2D eigenvalue weighted by Crippen LogP contribution is 2.49. The minimum atomic E-state index is -0.0296. The average Bonchev–Trinajstić information content (AvgIpc) is 3.38. The second kappa shape index (κ2) is 17.7. The quantitative estimate of drug-likeness (QED) is 0.196. The number of hydrogen-bond donors (Lipinski definition) is 0. The summed E-state index contributed by atoms with van der Waals surface area (Å²) in [5.41, 5.74) is 5.84. The zero-order valence-corrected chi connectivity index (χ0v) is 26.1. The molecule has 0 atom stereocenters. The van der Waals surface area contributed by atoms with Crippen molar-refractivity contribution >= 4 is 35.3 Å². The van der Waals surface area contributed by atoms with Crippen LogP contribution in [0.3, 0.4) is 0 Å². The fraction of sp³-hybridized carbons (Fsp3) is 0.324. The van der Waals surface area contributed by atoms with E-state index >= 15 is 0 Å². The SMILES string of the molecule is CC.CC.CC.CC.COc1ccc2c(c1C)N(c1cccc[n+]1C)B(c1ccccc1)N2c1ccccc1. The van der Waals surface area contributed by atoms with E-state index in [2.05, 4.69) is 125 Å². The number of aryl methyl sites for hydroxylation is 1. The zero-order chi connectivity index (χ0) is 29.4. The van der Waals surface area contributed by atoms with Crippen LogP contribution < -0.4 is 24.4 Å². The van der Waals surface area contributed by atoms with Crippen LogP contribution in [0.1, 0.15) is 61.0 Å². The molecule has 4 nitrogen and oxygen atoms in total. The molecule has 2 heterocycles. The molecule has 1 aromatic heterocycles. The minimum Gasteiger partial charge on any atom is -0.496 e. The molecule has 0 saturated heterocycles. The Morgan fingerprint density at radius 3 is 1.72 bits per heavy atom. The summed E-state index contributed by atoms with van der Waals surface area (Å²) in [5, 5.41) is 0. The van der Waals surface area contributed by atoms with Gasteiger partial charge < -0.3 is 9.55 Å². The van der Waals surface area contributed by atoms with Gasteiger partial charge in [0.05, 0.1) is 26.0 Å². The van der Waals surface area contributed by atoms with Crippen molar-refractivity contribution in [1.29, 1.82) is 0 Å². The number of rotatable bonds is 4. The van der Waals surface area contributed by atoms with Crippen LogP contribution in [-0.4, -0.2) is 14.1 Å². The zero-order valence-electron chi connectivity index (χ0n) is 26.1. The number of methoxy groups -OCH3 is 1. The normalized spacial score (nSPS) is 10.8. The summed E-state index contributed by atoms with van der Waals surface area (Å²) in [5.74, 6) is 2.01. The van der Waals surface area contributed by atoms with Crippen molar-refractivity contribution in [2.45, 2.75) is 62.3 Å². The lowest BCUT2D eigenvalue weighted by Crippen LogP contribution is -2.55. The summed E-state index contributed by atoms with van der Waals surface area (Å²) in [6, 6.07) is 31.9. The first-order valence-electron chi connectivity index (χ1n) is 14.5. The van der Waals surface area contributed by atoms with Crippen molar-refractivity contribution in [3.8, 4) is 5.75 Å². The molecule has 3 aromatic carbocycles. The number of benzene rings is 3. The summed E-state index contributed by atoms with van der Waals surface area (Å²) in [6.45, 7) is 18.1. The van der Waals surface area contributed by atoms with E-state index in [-0.39, 0.29) is 6.98 Å². The predicted octanol–water partition coefficient (Wildman–Crippen LogP) is 8.62. The maximum absolute atomic E-state index is 5.71. The molecule has 0 bridgehead atoms. The summed E-state index contributed by atoms with van der Waals surface area (Å²) >= 11 is 0. The van der Waals surface area contributed by atoms with Gasteiger partial charge in [0.25, 0.3) is 5.82 Å². The molecule has 1 aliphatic heterocycles. The van der Waals surface area contributed by atoms with Crippen molar-refractivity contribution in [1.82, 2.24) is 0 Å². The molecule has 0 fully saturated rings. The molecule has 0 radical (unpaired) electrons. The molecule has 5 heteroatoms. The maximum Gasteiger partial charge on any atom is 0.542 e. The van der Waals surface area contributed by atoms with Gasteiger partial charge in [0, 0.05) is 17.3 Å². The van der Waals surface area contributed by atoms with Crippen LogP contribution in [0, 0.1) is 6.92 Å². The minimum absolute atomic E-state index is 0.0296. The Hall–Kier alpha value is -3.73. The number of hydrogen-bond acceptors (Lipinski definition) is 3. The van der Waals surface area contributed by atoms with Gasteiger partial charge in [-0.15, -0.1) is 0 Å². The lowest BCUT2D eigenvalue weighted by molar-refractivity contribution is -0.658. The first-order valence-corrected chi connectivity index (χ1v) is 14.5. The van der Waals surface area contributed by atoms with E-state index in [9.17, 15) is 0 Å². The molecule has 0 amide bonds. The van der Waals surface area contributed by atoms with E-state index in [1.54, 1.807) is 7.11 Å². The summed E-state index contributed by atoms with van der Waals surface area (Å²) < 4.78 is 7.89. The number of pyridine rings is 1.